The highest BCUT2D eigenvalue weighted by atomic mass is 31.3. The first-order valence-electron chi connectivity index (χ1n) is 16.6. The van der Waals surface area contributed by atoms with E-state index in [1.54, 1.807) is 6.08 Å². The molecule has 2 aromatic heterocycles. The summed E-state index contributed by atoms with van der Waals surface area (Å²) in [6.07, 6.45) is -3.70. The van der Waals surface area contributed by atoms with Crippen molar-refractivity contribution in [2.24, 2.45) is 5.41 Å². The lowest BCUT2D eigenvalue weighted by Gasteiger charge is -2.30. The van der Waals surface area contributed by atoms with Crippen LogP contribution in [0.4, 0.5) is 5.82 Å². The Morgan fingerprint density at radius 3 is 2.32 bits per heavy atom. The van der Waals surface area contributed by atoms with E-state index in [2.05, 4.69) is 34.4 Å². The van der Waals surface area contributed by atoms with Gasteiger partial charge in [-0.05, 0) is 12.2 Å². The summed E-state index contributed by atoms with van der Waals surface area (Å²) >= 11 is 0. The maximum Gasteiger partial charge on any atom is 0.481 e. The number of ether oxygens (including phenoxy) is 1. The summed E-state index contributed by atoms with van der Waals surface area (Å²) in [5.41, 5.74) is 4.25. The van der Waals surface area contributed by atoms with Crippen LogP contribution in [0.3, 0.4) is 0 Å². The third kappa shape index (κ3) is 14.7. The number of nitrogens with one attached hydrogen (secondary N) is 2. The predicted octanol–water partition coefficient (Wildman–Crippen LogP) is -1.37. The van der Waals surface area contributed by atoms with Crippen molar-refractivity contribution in [1.29, 1.82) is 0 Å². The number of fused-ring (bicyclic) bond motifs is 1. The van der Waals surface area contributed by atoms with Gasteiger partial charge in [-0.15, -0.1) is 0 Å². The van der Waals surface area contributed by atoms with Crippen molar-refractivity contribution in [3.63, 3.8) is 0 Å². The lowest BCUT2D eigenvalue weighted by atomic mass is 9.87. The van der Waals surface area contributed by atoms with E-state index in [-0.39, 0.29) is 48.7 Å². The van der Waals surface area contributed by atoms with Crippen LogP contribution in [0.1, 0.15) is 32.9 Å². The Kier molecular flexibility index (Phi) is 16.1. The zero-order valence-electron chi connectivity index (χ0n) is 31.0. The van der Waals surface area contributed by atoms with E-state index in [0.717, 1.165) is 17.2 Å². The summed E-state index contributed by atoms with van der Waals surface area (Å²) in [5.74, 6) is -1.68. The molecule has 3 heterocycles. The van der Waals surface area contributed by atoms with Gasteiger partial charge >= 0.3 is 23.5 Å². The molecule has 3 rings (SSSR count). The van der Waals surface area contributed by atoms with Gasteiger partial charge in [-0.25, -0.2) is 28.6 Å². The first kappa shape index (κ1) is 47.3. The minimum atomic E-state index is -5.57. The fourth-order valence-corrected chi connectivity index (χ4v) is 7.68. The van der Waals surface area contributed by atoms with E-state index >= 15 is 0 Å². The average molecular weight is 862 g/mol. The van der Waals surface area contributed by atoms with Crippen LogP contribution in [-0.2, 0) is 50.7 Å². The smallest absolute Gasteiger partial charge is 0.386 e. The summed E-state index contributed by atoms with van der Waals surface area (Å²) in [6.45, 7) is 0.970. The van der Waals surface area contributed by atoms with Crippen molar-refractivity contribution < 1.29 is 85.0 Å². The monoisotopic (exact) mass is 861 g/mol. The van der Waals surface area contributed by atoms with Crippen molar-refractivity contribution in [3.8, 4) is 0 Å². The van der Waals surface area contributed by atoms with Gasteiger partial charge in [0.2, 0.25) is 11.8 Å². The lowest BCUT2D eigenvalue weighted by Crippen LogP contribution is -2.46. The molecule has 316 valence electrons. The molecule has 1 fully saturated rings. The Labute approximate surface area is 320 Å². The van der Waals surface area contributed by atoms with Crippen LogP contribution < -0.4 is 16.4 Å². The number of phosphoric acid groups is 3. The summed E-state index contributed by atoms with van der Waals surface area (Å²) in [4.78, 5) is 87.5. The Morgan fingerprint density at radius 1 is 1.04 bits per heavy atom. The second-order valence-corrected chi connectivity index (χ2v) is 18.4. The van der Waals surface area contributed by atoms with Gasteiger partial charge in [-0.2, -0.15) is 4.31 Å². The number of anilines is 1. The first-order valence-corrected chi connectivity index (χ1v) is 21.1. The minimum absolute atomic E-state index is 0.0292. The molecule has 1 aliphatic heterocycles. The summed E-state index contributed by atoms with van der Waals surface area (Å²) < 4.78 is 62.7. The number of carbonyl (C=O) groups is 3. The molecule has 0 bridgehead atoms. The number of imidazole rings is 1. The second kappa shape index (κ2) is 19.1. The predicted molar refractivity (Wildman–Crippen MR) is 191 cm³/mol. The molecule has 1 saturated heterocycles. The molecule has 10 N–H and O–H groups in total. The number of carbonyl (C=O) groups excluding carboxylic acids is 3. The fraction of sp³-hybridized carbons (Fsp3) is 0.643. The molecular formula is C28H48N8O17P3+. The van der Waals surface area contributed by atoms with Crippen molar-refractivity contribution in [3.05, 3.63) is 24.8 Å². The molecule has 1 aliphatic rings. The van der Waals surface area contributed by atoms with E-state index in [1.807, 2.05) is 21.1 Å². The standard InChI is InChI=1S/C28H47N8O17P3/c1-28(2,23(40)26(41)31-11-9-19(38)30-10-8-17(37)7-6-12-36(3,4)5)14-50-56(47,48)53-55(45,46)49-13-18-22(52-54(42,43)44)21(39)27(51-18)35-16-34-20-24(29)32-15-33-25(20)35/h6-7,15-16,18,21-23,27,39-40H,8-14H2,1-5H3,(H7-,29,30,31,32,33,38,41,42,43,44,45,46,47,48)/p+1/b7-6+. The van der Waals surface area contributed by atoms with Crippen LogP contribution in [0.5, 0.6) is 0 Å². The van der Waals surface area contributed by atoms with E-state index in [1.165, 1.54) is 19.9 Å². The highest BCUT2D eigenvalue weighted by molar-refractivity contribution is 7.61. The quantitative estimate of drug-likeness (QED) is 0.0374. The number of hydrogen-bond donors (Lipinski definition) is 9. The molecule has 56 heavy (non-hydrogen) atoms. The number of nitrogen functional groups attached to an aromatic ring is 1. The van der Waals surface area contributed by atoms with E-state index < -0.39 is 84.6 Å². The number of hydrogen-bond acceptors (Lipinski definition) is 17. The molecule has 2 aromatic rings. The van der Waals surface area contributed by atoms with Crippen LogP contribution in [0.15, 0.2) is 24.8 Å². The van der Waals surface area contributed by atoms with Crippen LogP contribution in [0.25, 0.3) is 11.2 Å². The zero-order valence-corrected chi connectivity index (χ0v) is 33.7. The zero-order chi connectivity index (χ0) is 42.3. The molecule has 0 saturated carbocycles. The number of likely N-dealkylation sites (N-methyl/N-ethyl adjacent to an activating group) is 1. The highest BCUT2D eigenvalue weighted by Crippen LogP contribution is 2.61. The first-order chi connectivity index (χ1) is 25.7. The van der Waals surface area contributed by atoms with Gasteiger partial charge in [0.1, 0.15) is 36.3 Å². The number of phosphoric ester groups is 3. The highest BCUT2D eigenvalue weighted by Gasteiger charge is 2.50. The number of aromatic nitrogens is 4. The molecule has 0 aliphatic carbocycles. The largest absolute Gasteiger partial charge is 0.481 e. The molecule has 0 radical (unpaired) electrons. The Morgan fingerprint density at radius 2 is 1.68 bits per heavy atom. The Bertz CT molecular complexity index is 1880. The van der Waals surface area contributed by atoms with Crippen molar-refractivity contribution in [2.75, 3.05) is 59.7 Å². The lowest BCUT2D eigenvalue weighted by molar-refractivity contribution is -0.864. The van der Waals surface area contributed by atoms with Crippen molar-refractivity contribution >= 4 is 58.0 Å². The third-order valence-corrected chi connectivity index (χ3v) is 10.8. The average Bonchev–Trinajstić information content (AvgIpc) is 3.62. The third-order valence-electron chi connectivity index (χ3n) is 7.73. The number of nitrogens with zero attached hydrogens (tertiary/aromatic N) is 5. The minimum Gasteiger partial charge on any atom is -0.386 e. The van der Waals surface area contributed by atoms with Gasteiger partial charge in [-0.1, -0.05) is 13.8 Å². The number of amides is 2. The Hall–Kier alpha value is -3.09. The van der Waals surface area contributed by atoms with Crippen molar-refractivity contribution in [2.45, 2.75) is 57.3 Å². The Balaban J connectivity index is 1.49. The van der Waals surface area contributed by atoms with Crippen LogP contribution >= 0.6 is 23.5 Å². The molecule has 2 amide bonds. The molecule has 0 aromatic carbocycles. The van der Waals surface area contributed by atoms with Crippen LogP contribution in [0, 0.1) is 5.41 Å². The number of quaternary nitrogens is 1. The fourth-order valence-electron chi connectivity index (χ4n) is 4.85. The van der Waals surface area contributed by atoms with E-state index in [4.69, 9.17) is 19.5 Å². The number of rotatable bonds is 22. The molecule has 7 atom stereocenters. The normalized spacial score (nSPS) is 22.1. The summed E-state index contributed by atoms with van der Waals surface area (Å²) in [5, 5.41) is 26.3. The van der Waals surface area contributed by atoms with Gasteiger partial charge in [0.05, 0.1) is 47.2 Å². The molecule has 7 unspecified atom stereocenters. The molecule has 28 heteroatoms. The maximum absolute atomic E-state index is 12.7. The van der Waals surface area contributed by atoms with E-state index in [0.29, 0.717) is 11.0 Å². The van der Waals surface area contributed by atoms with Gasteiger partial charge in [0, 0.05) is 31.3 Å². The molecule has 25 nitrogen and oxygen atoms in total. The van der Waals surface area contributed by atoms with Crippen LogP contribution in [-0.4, -0.2) is 150 Å². The number of nitrogens with two attached hydrogens (primary N) is 1. The number of aliphatic hydroxyl groups is 2. The second-order valence-electron chi connectivity index (χ2n) is 14.2. The van der Waals surface area contributed by atoms with E-state index in [9.17, 15) is 57.9 Å². The topological polar surface area (TPSA) is 364 Å². The summed E-state index contributed by atoms with van der Waals surface area (Å²) in [6, 6.07) is 0. The van der Waals surface area contributed by atoms with Gasteiger partial charge in [-0.3, -0.25) is 32.5 Å². The maximum atomic E-state index is 12.7. The van der Waals surface area contributed by atoms with Gasteiger partial charge in [0.15, 0.2) is 23.5 Å². The SMILES string of the molecule is CC(C)(COP(=O)(O)OP(=O)(O)OCC1OC(n2cnc3c(N)ncnc32)C(O)C1OP(=O)(O)O)C(O)C(=O)NCCC(=O)NCCC(=O)/C=C/C[N+](C)(C)C. The van der Waals surface area contributed by atoms with Crippen LogP contribution in [0.2, 0.25) is 0 Å². The molecular weight excluding hydrogens is 813 g/mol. The van der Waals surface area contributed by atoms with Gasteiger partial charge in [0.25, 0.3) is 0 Å². The number of aliphatic hydroxyl groups excluding tert-OH is 2. The number of ketones is 1. The van der Waals surface area contributed by atoms with Gasteiger partial charge < -0.3 is 55.4 Å². The van der Waals surface area contributed by atoms with Crippen molar-refractivity contribution in [1.82, 2.24) is 30.2 Å². The molecule has 0 spiro atoms. The number of allylic oxidation sites excluding steroid dienone is 1. The summed E-state index contributed by atoms with van der Waals surface area (Å²) in [7, 11) is -10.5.